The van der Waals surface area contributed by atoms with Crippen molar-refractivity contribution in [3.8, 4) is 0 Å². The van der Waals surface area contributed by atoms with Crippen LogP contribution in [0.2, 0.25) is 0 Å². The fourth-order valence-electron chi connectivity index (χ4n) is 2.80. The molecule has 0 aromatic heterocycles. The summed E-state index contributed by atoms with van der Waals surface area (Å²) < 4.78 is 46.5. The van der Waals surface area contributed by atoms with Crippen LogP contribution < -0.4 is 0 Å². The lowest BCUT2D eigenvalue weighted by atomic mass is 9.86. The average molecular weight is 552 g/mol. The Bertz CT molecular complexity index is 959. The number of sulfone groups is 2. The molecule has 2 aromatic rings. The third-order valence-corrected chi connectivity index (χ3v) is 7.97. The van der Waals surface area contributed by atoms with E-state index in [1.165, 1.54) is 24.3 Å². The van der Waals surface area contributed by atoms with Crippen molar-refractivity contribution < 1.29 is 21.6 Å². The van der Waals surface area contributed by atoms with Crippen molar-refractivity contribution in [3.05, 3.63) is 59.7 Å². The second kappa shape index (κ2) is 9.19. The fraction of sp³-hybridized carbons (Fsp3) is 0.316. The van der Waals surface area contributed by atoms with Crippen molar-refractivity contribution in [1.29, 1.82) is 0 Å². The molecule has 0 heterocycles. The summed E-state index contributed by atoms with van der Waals surface area (Å²) in [5.74, 6) is -0.982. The maximum absolute atomic E-state index is 13.2. The zero-order valence-corrected chi connectivity index (χ0v) is 20.1. The molecule has 0 bridgehead atoms. The van der Waals surface area contributed by atoms with Gasteiger partial charge in [0.2, 0.25) is 0 Å². The largest absolute Gasteiger partial charge is 0.298 e. The van der Waals surface area contributed by atoms with E-state index in [0.717, 1.165) is 12.5 Å². The van der Waals surface area contributed by atoms with Gasteiger partial charge in [-0.05, 0) is 35.4 Å². The average Bonchev–Trinajstić information content (AvgIpc) is 2.62. The van der Waals surface area contributed by atoms with Crippen molar-refractivity contribution in [1.82, 2.24) is 0 Å². The van der Waals surface area contributed by atoms with Crippen molar-refractivity contribution in [2.45, 2.75) is 21.6 Å². The zero-order valence-electron chi connectivity index (χ0n) is 15.3. The van der Waals surface area contributed by atoms with Crippen LogP contribution in [0.3, 0.4) is 0 Å². The highest BCUT2D eigenvalue weighted by Gasteiger charge is 2.28. The summed E-state index contributed by atoms with van der Waals surface area (Å²) in [6.45, 7) is 0. The van der Waals surface area contributed by atoms with E-state index >= 15 is 0 Å². The molecule has 28 heavy (non-hydrogen) atoms. The fourth-order valence-corrected chi connectivity index (χ4v) is 5.44. The smallest absolute Gasteiger partial charge is 0.175 e. The highest BCUT2D eigenvalue weighted by atomic mass is 79.9. The number of halogens is 2. The van der Waals surface area contributed by atoms with Gasteiger partial charge >= 0.3 is 0 Å². The Morgan fingerprint density at radius 2 is 1.00 bits per heavy atom. The molecule has 2 unspecified atom stereocenters. The lowest BCUT2D eigenvalue weighted by Gasteiger charge is -2.21. The molecule has 0 aliphatic rings. The molecular weight excluding hydrogens is 532 g/mol. The SMILES string of the molecule is CS(=O)(=O)c1ccc(C(CBr)C(=O)C(CBr)c2ccc(S(C)(=O)=O)cc2)cc1. The van der Waals surface area contributed by atoms with Gasteiger partial charge in [0.1, 0.15) is 5.78 Å². The van der Waals surface area contributed by atoms with Gasteiger partial charge < -0.3 is 0 Å². The Labute approximate surface area is 182 Å². The van der Waals surface area contributed by atoms with Crippen LogP contribution in [0.4, 0.5) is 0 Å². The topological polar surface area (TPSA) is 85.3 Å². The summed E-state index contributed by atoms with van der Waals surface area (Å²) in [6, 6.07) is 12.6. The van der Waals surface area contributed by atoms with Gasteiger partial charge in [-0.2, -0.15) is 0 Å². The molecule has 9 heteroatoms. The van der Waals surface area contributed by atoms with Crippen LogP contribution in [0.1, 0.15) is 23.0 Å². The van der Waals surface area contributed by atoms with Crippen LogP contribution in [0.25, 0.3) is 0 Å². The van der Waals surface area contributed by atoms with E-state index < -0.39 is 31.5 Å². The maximum Gasteiger partial charge on any atom is 0.175 e. The second-order valence-corrected chi connectivity index (χ2v) is 11.8. The first-order valence-corrected chi connectivity index (χ1v) is 14.3. The molecule has 0 saturated heterocycles. The number of carbonyl (C=O) groups is 1. The van der Waals surface area contributed by atoms with Crippen molar-refractivity contribution in [2.24, 2.45) is 0 Å². The molecule has 0 fully saturated rings. The van der Waals surface area contributed by atoms with E-state index in [-0.39, 0.29) is 15.6 Å². The van der Waals surface area contributed by atoms with E-state index in [2.05, 4.69) is 31.9 Å². The van der Waals surface area contributed by atoms with Crippen molar-refractivity contribution >= 4 is 57.3 Å². The molecule has 2 atom stereocenters. The minimum absolute atomic E-state index is 0.0482. The normalized spacial score (nSPS) is 14.4. The molecule has 0 aliphatic heterocycles. The molecular formula is C19H20Br2O5S2. The quantitative estimate of drug-likeness (QED) is 0.467. The van der Waals surface area contributed by atoms with Crippen LogP contribution >= 0.6 is 31.9 Å². The summed E-state index contributed by atoms with van der Waals surface area (Å²) in [6.07, 6.45) is 2.27. The monoisotopic (exact) mass is 550 g/mol. The molecule has 0 amide bonds. The van der Waals surface area contributed by atoms with Gasteiger partial charge in [0.05, 0.1) is 21.6 Å². The summed E-state index contributed by atoms with van der Waals surface area (Å²) >= 11 is 6.77. The Morgan fingerprint density at radius 3 is 1.21 bits per heavy atom. The summed E-state index contributed by atoms with van der Waals surface area (Å²) in [5.41, 5.74) is 1.43. The molecule has 0 aliphatic carbocycles. The number of rotatable bonds is 8. The first-order chi connectivity index (χ1) is 13.0. The number of carbonyl (C=O) groups excluding carboxylic acids is 1. The lowest BCUT2D eigenvalue weighted by Crippen LogP contribution is -2.23. The van der Waals surface area contributed by atoms with Crippen LogP contribution in [-0.2, 0) is 24.5 Å². The van der Waals surface area contributed by atoms with E-state index in [9.17, 15) is 21.6 Å². The molecule has 0 saturated carbocycles. The van der Waals surface area contributed by atoms with Gasteiger partial charge in [-0.3, -0.25) is 4.79 Å². The van der Waals surface area contributed by atoms with Gasteiger partial charge in [0, 0.05) is 23.2 Å². The van der Waals surface area contributed by atoms with E-state index in [4.69, 9.17) is 0 Å². The predicted octanol–water partition coefficient (Wildman–Crippen LogP) is 3.72. The lowest BCUT2D eigenvalue weighted by molar-refractivity contribution is -0.121. The van der Waals surface area contributed by atoms with E-state index in [1.807, 2.05) is 0 Å². The third-order valence-electron chi connectivity index (χ3n) is 4.42. The Kier molecular flexibility index (Phi) is 7.63. The van der Waals surface area contributed by atoms with Gasteiger partial charge in [0.25, 0.3) is 0 Å². The van der Waals surface area contributed by atoms with Crippen molar-refractivity contribution in [2.75, 3.05) is 23.2 Å². The molecule has 0 N–H and O–H groups in total. The second-order valence-electron chi connectivity index (χ2n) is 6.50. The van der Waals surface area contributed by atoms with Gasteiger partial charge in [-0.25, -0.2) is 16.8 Å². The number of alkyl halides is 2. The van der Waals surface area contributed by atoms with Gasteiger partial charge in [-0.1, -0.05) is 56.1 Å². The number of ketones is 1. The number of Topliss-reactive ketones (excluding diaryl/α,β-unsaturated/α-hetero) is 1. The van der Waals surface area contributed by atoms with Crippen molar-refractivity contribution in [3.63, 3.8) is 0 Å². The molecule has 2 rings (SSSR count). The molecule has 0 radical (unpaired) electrons. The van der Waals surface area contributed by atoms with Crippen LogP contribution in [-0.4, -0.2) is 45.8 Å². The van der Waals surface area contributed by atoms with Crippen LogP contribution in [0, 0.1) is 0 Å². The minimum atomic E-state index is -3.31. The van der Waals surface area contributed by atoms with Gasteiger partial charge in [-0.15, -0.1) is 0 Å². The maximum atomic E-state index is 13.2. The summed E-state index contributed by atoms with van der Waals surface area (Å²) in [5, 5.41) is 0.768. The third kappa shape index (κ3) is 5.52. The Morgan fingerprint density at radius 1 is 0.714 bits per heavy atom. The highest BCUT2D eigenvalue weighted by molar-refractivity contribution is 9.09. The summed E-state index contributed by atoms with van der Waals surface area (Å²) in [4.78, 5) is 13.6. The zero-order chi connectivity index (χ0) is 21.1. The number of hydrogen-bond donors (Lipinski definition) is 0. The van der Waals surface area contributed by atoms with Crippen LogP contribution in [0.5, 0.6) is 0 Å². The molecule has 0 spiro atoms. The van der Waals surface area contributed by atoms with E-state index in [0.29, 0.717) is 21.8 Å². The first-order valence-electron chi connectivity index (χ1n) is 8.24. The predicted molar refractivity (Wildman–Crippen MR) is 117 cm³/mol. The standard InChI is InChI=1S/C19H20Br2O5S2/c1-27(23,24)15-7-3-13(4-8-15)17(11-20)19(22)18(12-21)14-5-9-16(10-6-14)28(2,25)26/h3-10,17-18H,11-12H2,1-2H3. The number of benzene rings is 2. The van der Waals surface area contributed by atoms with Crippen LogP contribution in [0.15, 0.2) is 58.3 Å². The molecule has 2 aromatic carbocycles. The first kappa shape index (κ1) is 23.3. The molecule has 5 nitrogen and oxygen atoms in total. The molecule has 152 valence electrons. The minimum Gasteiger partial charge on any atom is -0.298 e. The Balaban J connectivity index is 2.34. The Hall–Kier alpha value is -1.03. The van der Waals surface area contributed by atoms with Gasteiger partial charge in [0.15, 0.2) is 19.7 Å². The summed E-state index contributed by atoms with van der Waals surface area (Å²) in [7, 11) is -6.61. The highest BCUT2D eigenvalue weighted by Crippen LogP contribution is 2.30. The van der Waals surface area contributed by atoms with E-state index in [1.54, 1.807) is 24.3 Å². The number of hydrogen-bond acceptors (Lipinski definition) is 5.